The second-order valence-corrected chi connectivity index (χ2v) is 5.24. The van der Waals surface area contributed by atoms with Crippen LogP contribution in [0.1, 0.15) is 12.5 Å². The fourth-order valence-corrected chi connectivity index (χ4v) is 2.73. The standard InChI is InChI=1S/C15H14F3NS/c1-2-19-9-10-4-3-5-13(18)15(10)20-14-8-11(16)6-7-12(14)17/h3-8,19H,2,9H2,1H3. The summed E-state index contributed by atoms with van der Waals surface area (Å²) in [5.41, 5.74) is 0.723. The lowest BCUT2D eigenvalue weighted by molar-refractivity contribution is 0.574. The molecule has 0 fully saturated rings. The summed E-state index contributed by atoms with van der Waals surface area (Å²) in [4.78, 5) is 0.394. The molecule has 0 aromatic heterocycles. The summed E-state index contributed by atoms with van der Waals surface area (Å²) in [5.74, 6) is -1.54. The fraction of sp³-hybridized carbons (Fsp3) is 0.200. The Balaban J connectivity index is 2.34. The lowest BCUT2D eigenvalue weighted by Crippen LogP contribution is -2.12. The van der Waals surface area contributed by atoms with E-state index in [2.05, 4.69) is 5.32 Å². The van der Waals surface area contributed by atoms with Crippen molar-refractivity contribution in [1.29, 1.82) is 0 Å². The molecule has 0 aliphatic carbocycles. The summed E-state index contributed by atoms with van der Waals surface area (Å²) in [7, 11) is 0. The molecule has 1 N–H and O–H groups in total. The number of nitrogens with one attached hydrogen (secondary N) is 1. The van der Waals surface area contributed by atoms with Crippen LogP contribution in [0.2, 0.25) is 0 Å². The molecule has 0 saturated carbocycles. The van der Waals surface area contributed by atoms with Gasteiger partial charge in [0.2, 0.25) is 0 Å². The van der Waals surface area contributed by atoms with Gasteiger partial charge in [-0.3, -0.25) is 0 Å². The first-order valence-corrected chi connectivity index (χ1v) is 7.04. The summed E-state index contributed by atoms with van der Waals surface area (Å²) in [5, 5.41) is 3.10. The molecule has 0 atom stereocenters. The maximum absolute atomic E-state index is 13.9. The van der Waals surface area contributed by atoms with Crippen LogP contribution in [0.4, 0.5) is 13.2 Å². The van der Waals surface area contributed by atoms with Gasteiger partial charge in [-0.25, -0.2) is 13.2 Å². The van der Waals surface area contributed by atoms with E-state index in [9.17, 15) is 13.2 Å². The van der Waals surface area contributed by atoms with Crippen molar-refractivity contribution in [3.63, 3.8) is 0 Å². The van der Waals surface area contributed by atoms with E-state index in [0.29, 0.717) is 11.4 Å². The average molecular weight is 297 g/mol. The maximum Gasteiger partial charge on any atom is 0.137 e. The lowest BCUT2D eigenvalue weighted by Gasteiger charge is -2.11. The molecule has 1 nitrogen and oxygen atoms in total. The van der Waals surface area contributed by atoms with Crippen molar-refractivity contribution >= 4 is 11.8 Å². The Hall–Kier alpha value is -1.46. The maximum atomic E-state index is 13.9. The van der Waals surface area contributed by atoms with Crippen LogP contribution in [-0.4, -0.2) is 6.54 Å². The van der Waals surface area contributed by atoms with Gasteiger partial charge in [0, 0.05) is 6.54 Å². The average Bonchev–Trinajstić information content (AvgIpc) is 2.43. The third-order valence-electron chi connectivity index (χ3n) is 2.72. The topological polar surface area (TPSA) is 12.0 Å². The number of hydrogen-bond acceptors (Lipinski definition) is 2. The third-order valence-corrected chi connectivity index (χ3v) is 3.91. The van der Waals surface area contributed by atoms with Crippen molar-refractivity contribution in [2.24, 2.45) is 0 Å². The van der Waals surface area contributed by atoms with E-state index in [1.165, 1.54) is 6.07 Å². The number of benzene rings is 2. The quantitative estimate of drug-likeness (QED) is 0.880. The van der Waals surface area contributed by atoms with Crippen LogP contribution in [0, 0.1) is 17.5 Å². The van der Waals surface area contributed by atoms with E-state index in [-0.39, 0.29) is 4.90 Å². The summed E-state index contributed by atoms with van der Waals surface area (Å²) in [6.45, 7) is 3.17. The van der Waals surface area contributed by atoms with Gasteiger partial charge < -0.3 is 5.32 Å². The van der Waals surface area contributed by atoms with Crippen LogP contribution < -0.4 is 5.32 Å². The van der Waals surface area contributed by atoms with Gasteiger partial charge in [0.25, 0.3) is 0 Å². The van der Waals surface area contributed by atoms with Gasteiger partial charge >= 0.3 is 0 Å². The Morgan fingerprint density at radius 1 is 1.05 bits per heavy atom. The molecular weight excluding hydrogens is 283 g/mol. The smallest absolute Gasteiger partial charge is 0.137 e. The lowest BCUT2D eigenvalue weighted by atomic mass is 10.2. The Morgan fingerprint density at radius 2 is 1.85 bits per heavy atom. The minimum absolute atomic E-state index is 0.0767. The molecule has 0 saturated heterocycles. The molecule has 20 heavy (non-hydrogen) atoms. The molecule has 2 aromatic carbocycles. The van der Waals surface area contributed by atoms with Gasteiger partial charge in [0.15, 0.2) is 0 Å². The van der Waals surface area contributed by atoms with Crippen LogP contribution in [-0.2, 0) is 6.54 Å². The van der Waals surface area contributed by atoms with Gasteiger partial charge in [-0.1, -0.05) is 30.8 Å². The van der Waals surface area contributed by atoms with Crippen LogP contribution in [0.25, 0.3) is 0 Å². The van der Waals surface area contributed by atoms with Gasteiger partial charge in [0.05, 0.1) is 9.79 Å². The SMILES string of the molecule is CCNCc1cccc(F)c1Sc1cc(F)ccc1F. The highest BCUT2D eigenvalue weighted by Crippen LogP contribution is 2.34. The molecule has 0 heterocycles. The van der Waals surface area contributed by atoms with E-state index in [0.717, 1.165) is 42.1 Å². The van der Waals surface area contributed by atoms with Gasteiger partial charge in [-0.15, -0.1) is 0 Å². The van der Waals surface area contributed by atoms with Gasteiger partial charge in [-0.05, 0) is 36.4 Å². The molecule has 0 bridgehead atoms. The predicted molar refractivity (Wildman–Crippen MR) is 74.3 cm³/mol. The highest BCUT2D eigenvalue weighted by Gasteiger charge is 2.13. The van der Waals surface area contributed by atoms with E-state index < -0.39 is 17.5 Å². The Labute approximate surface area is 120 Å². The molecule has 0 radical (unpaired) electrons. The third kappa shape index (κ3) is 3.55. The Kier molecular flexibility index (Phi) is 5.09. The molecule has 5 heteroatoms. The second-order valence-electron chi connectivity index (χ2n) is 4.19. The van der Waals surface area contributed by atoms with Crippen LogP contribution in [0.5, 0.6) is 0 Å². The first-order valence-electron chi connectivity index (χ1n) is 6.23. The van der Waals surface area contributed by atoms with Crippen molar-refractivity contribution in [3.05, 3.63) is 59.4 Å². The monoisotopic (exact) mass is 297 g/mol. The van der Waals surface area contributed by atoms with E-state index >= 15 is 0 Å². The first kappa shape index (κ1) is 14.9. The summed E-state index contributed by atoms with van der Waals surface area (Å²) in [6, 6.07) is 7.85. The first-order chi connectivity index (χ1) is 9.61. The van der Waals surface area contributed by atoms with Crippen molar-refractivity contribution in [2.75, 3.05) is 6.54 Å². The second kappa shape index (κ2) is 6.81. The number of rotatable bonds is 5. The fourth-order valence-electron chi connectivity index (χ4n) is 1.73. The van der Waals surface area contributed by atoms with E-state index in [4.69, 9.17) is 0 Å². The Bertz CT molecular complexity index is 602. The highest BCUT2D eigenvalue weighted by molar-refractivity contribution is 7.99. The highest BCUT2D eigenvalue weighted by atomic mass is 32.2. The predicted octanol–water partition coefficient (Wildman–Crippen LogP) is 4.36. The summed E-state index contributed by atoms with van der Waals surface area (Å²) >= 11 is 0.902. The molecule has 2 rings (SSSR count). The molecule has 0 unspecified atom stereocenters. The van der Waals surface area contributed by atoms with Gasteiger partial charge in [0.1, 0.15) is 17.5 Å². The van der Waals surface area contributed by atoms with E-state index in [1.807, 2.05) is 6.92 Å². The van der Waals surface area contributed by atoms with E-state index in [1.54, 1.807) is 12.1 Å². The Morgan fingerprint density at radius 3 is 2.60 bits per heavy atom. The zero-order chi connectivity index (χ0) is 14.5. The molecule has 2 aromatic rings. The van der Waals surface area contributed by atoms with Gasteiger partial charge in [-0.2, -0.15) is 0 Å². The van der Waals surface area contributed by atoms with Crippen LogP contribution in [0.15, 0.2) is 46.2 Å². The normalized spacial score (nSPS) is 10.8. The van der Waals surface area contributed by atoms with Crippen LogP contribution >= 0.6 is 11.8 Å². The minimum Gasteiger partial charge on any atom is -0.313 e. The number of hydrogen-bond donors (Lipinski definition) is 1. The van der Waals surface area contributed by atoms with Crippen molar-refractivity contribution in [2.45, 2.75) is 23.3 Å². The molecule has 0 amide bonds. The molecule has 106 valence electrons. The van der Waals surface area contributed by atoms with Crippen molar-refractivity contribution in [3.8, 4) is 0 Å². The summed E-state index contributed by atoms with van der Waals surface area (Å²) in [6.07, 6.45) is 0. The van der Waals surface area contributed by atoms with Crippen molar-refractivity contribution in [1.82, 2.24) is 5.32 Å². The molecular formula is C15H14F3NS. The molecule has 0 spiro atoms. The number of halogens is 3. The summed E-state index contributed by atoms with van der Waals surface area (Å²) < 4.78 is 40.7. The minimum atomic E-state index is -0.561. The van der Waals surface area contributed by atoms with Crippen molar-refractivity contribution < 1.29 is 13.2 Å². The largest absolute Gasteiger partial charge is 0.313 e. The van der Waals surface area contributed by atoms with Crippen LogP contribution in [0.3, 0.4) is 0 Å². The zero-order valence-electron chi connectivity index (χ0n) is 10.9. The molecule has 0 aliphatic rings. The molecule has 0 aliphatic heterocycles. The zero-order valence-corrected chi connectivity index (χ0v) is 11.7.